The summed E-state index contributed by atoms with van der Waals surface area (Å²) in [5, 5.41) is 6.34. The predicted octanol–water partition coefficient (Wildman–Crippen LogP) is 1.98. The largest absolute Gasteiger partial charge is 0.373 e. The van der Waals surface area contributed by atoms with E-state index in [-0.39, 0.29) is 0 Å². The molecule has 0 radical (unpaired) electrons. The van der Waals surface area contributed by atoms with E-state index in [4.69, 9.17) is 0 Å². The van der Waals surface area contributed by atoms with Crippen molar-refractivity contribution in [2.24, 2.45) is 11.3 Å². The molecule has 1 aromatic heterocycles. The van der Waals surface area contributed by atoms with Gasteiger partial charge in [-0.05, 0) is 17.8 Å². The number of hydrogen-bond donors (Lipinski definition) is 2. The summed E-state index contributed by atoms with van der Waals surface area (Å²) in [6, 6.07) is 1.93. The van der Waals surface area contributed by atoms with Crippen LogP contribution in [0.1, 0.15) is 20.3 Å². The van der Waals surface area contributed by atoms with E-state index in [1.54, 1.807) is 6.33 Å². The topological polar surface area (TPSA) is 49.8 Å². The van der Waals surface area contributed by atoms with E-state index in [2.05, 4.69) is 34.4 Å². The third-order valence-corrected chi connectivity index (χ3v) is 3.17. The van der Waals surface area contributed by atoms with Crippen molar-refractivity contribution in [2.45, 2.75) is 20.3 Å². The molecule has 2 N–H and O–H groups in total. The first kappa shape index (κ1) is 10.2. The minimum Gasteiger partial charge on any atom is -0.373 e. The second-order valence-corrected chi connectivity index (χ2v) is 4.81. The molecule has 2 rings (SSSR count). The number of anilines is 2. The lowest BCUT2D eigenvalue weighted by Gasteiger charge is -2.07. The highest BCUT2D eigenvalue weighted by molar-refractivity contribution is 5.46. The fourth-order valence-corrected chi connectivity index (χ4v) is 1.74. The Kier molecular flexibility index (Phi) is 2.50. The van der Waals surface area contributed by atoms with Crippen LogP contribution in [0, 0.1) is 11.3 Å². The second-order valence-electron chi connectivity index (χ2n) is 4.81. The minimum atomic E-state index is 0.520. The van der Waals surface area contributed by atoms with Gasteiger partial charge in [0.25, 0.3) is 0 Å². The Bertz CT molecular complexity index is 348. The molecule has 1 fully saturated rings. The summed E-state index contributed by atoms with van der Waals surface area (Å²) in [5.74, 6) is 2.53. The molecule has 1 atom stereocenters. The monoisotopic (exact) mass is 206 g/mol. The number of hydrogen-bond acceptors (Lipinski definition) is 4. The molecule has 1 aromatic rings. The molecule has 0 spiro atoms. The van der Waals surface area contributed by atoms with E-state index < -0.39 is 0 Å². The van der Waals surface area contributed by atoms with Gasteiger partial charge in [-0.2, -0.15) is 0 Å². The first-order valence-electron chi connectivity index (χ1n) is 5.35. The molecular weight excluding hydrogens is 188 g/mol. The number of aromatic nitrogens is 2. The highest BCUT2D eigenvalue weighted by Crippen LogP contribution is 2.51. The van der Waals surface area contributed by atoms with E-state index in [1.807, 2.05) is 13.1 Å². The number of nitrogens with zero attached hydrogens (tertiary/aromatic N) is 2. The van der Waals surface area contributed by atoms with Crippen LogP contribution in [-0.2, 0) is 0 Å². The normalized spacial score (nSPS) is 22.2. The van der Waals surface area contributed by atoms with Crippen LogP contribution < -0.4 is 10.6 Å². The van der Waals surface area contributed by atoms with Crippen LogP contribution in [0.2, 0.25) is 0 Å². The molecule has 15 heavy (non-hydrogen) atoms. The lowest BCUT2D eigenvalue weighted by atomic mass is 10.1. The Morgan fingerprint density at radius 1 is 1.40 bits per heavy atom. The van der Waals surface area contributed by atoms with Gasteiger partial charge in [0.05, 0.1) is 0 Å². The van der Waals surface area contributed by atoms with Crippen LogP contribution in [0.3, 0.4) is 0 Å². The fourth-order valence-electron chi connectivity index (χ4n) is 1.74. The van der Waals surface area contributed by atoms with Gasteiger partial charge in [-0.3, -0.25) is 0 Å². The van der Waals surface area contributed by atoms with Gasteiger partial charge in [0.2, 0.25) is 0 Å². The molecule has 82 valence electrons. The predicted molar refractivity (Wildman–Crippen MR) is 62.0 cm³/mol. The Morgan fingerprint density at radius 2 is 2.07 bits per heavy atom. The van der Waals surface area contributed by atoms with Gasteiger partial charge in [-0.15, -0.1) is 0 Å². The fraction of sp³-hybridized carbons (Fsp3) is 0.636. The zero-order valence-corrected chi connectivity index (χ0v) is 9.54. The van der Waals surface area contributed by atoms with Crippen molar-refractivity contribution in [3.63, 3.8) is 0 Å². The van der Waals surface area contributed by atoms with Crippen molar-refractivity contribution in [1.29, 1.82) is 0 Å². The van der Waals surface area contributed by atoms with Gasteiger partial charge in [0.1, 0.15) is 18.0 Å². The maximum absolute atomic E-state index is 4.17. The summed E-state index contributed by atoms with van der Waals surface area (Å²) in [6.07, 6.45) is 2.89. The first-order chi connectivity index (χ1) is 7.12. The van der Waals surface area contributed by atoms with Gasteiger partial charge < -0.3 is 10.6 Å². The van der Waals surface area contributed by atoms with E-state index in [0.29, 0.717) is 5.41 Å². The SMILES string of the molecule is CNc1cc(NCC2CC2(C)C)ncn1. The summed E-state index contributed by atoms with van der Waals surface area (Å²) in [7, 11) is 1.86. The lowest BCUT2D eigenvalue weighted by Crippen LogP contribution is -2.08. The third kappa shape index (κ3) is 2.37. The Morgan fingerprint density at radius 3 is 2.67 bits per heavy atom. The zero-order chi connectivity index (χ0) is 10.9. The van der Waals surface area contributed by atoms with Gasteiger partial charge in [-0.25, -0.2) is 9.97 Å². The molecule has 4 heteroatoms. The summed E-state index contributed by atoms with van der Waals surface area (Å²) < 4.78 is 0. The average molecular weight is 206 g/mol. The van der Waals surface area contributed by atoms with Crippen LogP contribution in [0.15, 0.2) is 12.4 Å². The van der Waals surface area contributed by atoms with Crippen molar-refractivity contribution < 1.29 is 0 Å². The summed E-state index contributed by atoms with van der Waals surface area (Å²) in [4.78, 5) is 8.24. The highest BCUT2D eigenvalue weighted by atomic mass is 15.1. The minimum absolute atomic E-state index is 0.520. The van der Waals surface area contributed by atoms with Gasteiger partial charge >= 0.3 is 0 Å². The molecule has 0 aromatic carbocycles. The zero-order valence-electron chi connectivity index (χ0n) is 9.54. The summed E-state index contributed by atoms with van der Waals surface area (Å²) in [6.45, 7) is 5.61. The summed E-state index contributed by atoms with van der Waals surface area (Å²) in [5.41, 5.74) is 0.520. The number of rotatable bonds is 4. The molecule has 1 heterocycles. The molecule has 1 saturated carbocycles. The molecule has 0 amide bonds. The average Bonchev–Trinajstić information content (AvgIpc) is 2.84. The molecule has 1 aliphatic rings. The second kappa shape index (κ2) is 3.68. The highest BCUT2D eigenvalue weighted by Gasteiger charge is 2.44. The molecule has 0 aliphatic heterocycles. The quantitative estimate of drug-likeness (QED) is 0.791. The van der Waals surface area contributed by atoms with E-state index in [0.717, 1.165) is 24.1 Å². The van der Waals surface area contributed by atoms with E-state index in [1.165, 1.54) is 6.42 Å². The molecule has 0 bridgehead atoms. The van der Waals surface area contributed by atoms with Crippen LogP contribution in [0.4, 0.5) is 11.6 Å². The first-order valence-corrected chi connectivity index (χ1v) is 5.35. The van der Waals surface area contributed by atoms with Crippen LogP contribution in [-0.4, -0.2) is 23.6 Å². The van der Waals surface area contributed by atoms with Crippen LogP contribution >= 0.6 is 0 Å². The van der Waals surface area contributed by atoms with Crippen molar-refractivity contribution in [3.8, 4) is 0 Å². The maximum atomic E-state index is 4.17. The Hall–Kier alpha value is -1.32. The van der Waals surface area contributed by atoms with Crippen molar-refractivity contribution >= 4 is 11.6 Å². The van der Waals surface area contributed by atoms with Gasteiger partial charge in [0, 0.05) is 19.7 Å². The lowest BCUT2D eigenvalue weighted by molar-refractivity contribution is 0.573. The molecule has 0 saturated heterocycles. The standard InChI is InChI=1S/C11H18N4/c1-11(2)5-8(11)6-13-10-4-9(12-3)14-7-15-10/h4,7-8H,5-6H2,1-3H3,(H2,12,13,14,15). The van der Waals surface area contributed by atoms with Crippen LogP contribution in [0.5, 0.6) is 0 Å². The van der Waals surface area contributed by atoms with Crippen molar-refractivity contribution in [2.75, 3.05) is 24.2 Å². The Balaban J connectivity index is 1.88. The van der Waals surface area contributed by atoms with E-state index in [9.17, 15) is 0 Å². The molecule has 4 nitrogen and oxygen atoms in total. The summed E-state index contributed by atoms with van der Waals surface area (Å²) >= 11 is 0. The molecule has 1 aliphatic carbocycles. The van der Waals surface area contributed by atoms with Gasteiger partial charge in [-0.1, -0.05) is 13.8 Å². The van der Waals surface area contributed by atoms with Gasteiger partial charge in [0.15, 0.2) is 0 Å². The van der Waals surface area contributed by atoms with Crippen LogP contribution in [0.25, 0.3) is 0 Å². The molecule has 1 unspecified atom stereocenters. The van der Waals surface area contributed by atoms with Crippen molar-refractivity contribution in [1.82, 2.24) is 9.97 Å². The Labute approximate surface area is 90.5 Å². The van der Waals surface area contributed by atoms with Crippen molar-refractivity contribution in [3.05, 3.63) is 12.4 Å². The maximum Gasteiger partial charge on any atom is 0.131 e. The third-order valence-electron chi connectivity index (χ3n) is 3.17. The van der Waals surface area contributed by atoms with E-state index >= 15 is 0 Å². The molecular formula is C11H18N4. The smallest absolute Gasteiger partial charge is 0.131 e. The number of nitrogens with one attached hydrogen (secondary N) is 2.